The molecule has 0 saturated heterocycles. The van der Waals surface area contributed by atoms with Crippen molar-refractivity contribution in [3.63, 3.8) is 0 Å². The highest BCUT2D eigenvalue weighted by molar-refractivity contribution is 7.70. The van der Waals surface area contributed by atoms with Crippen LogP contribution in [-0.4, -0.2) is 22.7 Å². The van der Waals surface area contributed by atoms with Crippen LogP contribution in [0.1, 0.15) is 0 Å². The van der Waals surface area contributed by atoms with Crippen LogP contribution >= 0.6 is 7.14 Å². The van der Waals surface area contributed by atoms with Crippen molar-refractivity contribution in [3.8, 4) is 11.1 Å². The molecule has 4 heteroatoms. The van der Waals surface area contributed by atoms with Crippen LogP contribution in [0.5, 0.6) is 0 Å². The van der Waals surface area contributed by atoms with Gasteiger partial charge in [0.1, 0.15) is 12.8 Å². The molecule has 2 aromatic heterocycles. The highest BCUT2D eigenvalue weighted by Crippen LogP contribution is 2.36. The van der Waals surface area contributed by atoms with Gasteiger partial charge >= 0.3 is 0 Å². The van der Waals surface area contributed by atoms with Crippen molar-refractivity contribution in [3.05, 3.63) is 91.0 Å². The molecule has 0 bridgehead atoms. The molecule has 150 valence electrons. The molecule has 0 spiro atoms. The van der Waals surface area contributed by atoms with Gasteiger partial charge in [0.2, 0.25) is 0 Å². The molecular formula is C27H21N2OP. The maximum Gasteiger partial charge on any atom is 0.146 e. The smallest absolute Gasteiger partial charge is 0.146 e. The molecule has 0 saturated carbocycles. The minimum absolute atomic E-state index is 0.908. The molecular weight excluding hydrogens is 399 g/mol. The fraction of sp³-hybridized carbons (Fsp3) is 0.0741. The predicted octanol–water partition coefficient (Wildman–Crippen LogP) is 6.71. The van der Waals surface area contributed by atoms with E-state index in [1.165, 1.54) is 10.8 Å². The van der Waals surface area contributed by atoms with E-state index in [-0.39, 0.29) is 0 Å². The Labute approximate surface area is 180 Å². The number of fused-ring (bicyclic) bond motifs is 8. The fourth-order valence-corrected chi connectivity index (χ4v) is 5.37. The van der Waals surface area contributed by atoms with Crippen LogP contribution in [0.15, 0.2) is 91.0 Å². The van der Waals surface area contributed by atoms with Crippen molar-refractivity contribution >= 4 is 50.8 Å². The molecule has 6 rings (SSSR count). The van der Waals surface area contributed by atoms with E-state index < -0.39 is 7.14 Å². The van der Waals surface area contributed by atoms with E-state index in [0.29, 0.717) is 0 Å². The van der Waals surface area contributed by atoms with Crippen LogP contribution in [0, 0.1) is 0 Å². The Morgan fingerprint density at radius 3 is 2.13 bits per heavy atom. The summed E-state index contributed by atoms with van der Waals surface area (Å²) in [7, 11) is -2.26. The average Bonchev–Trinajstić information content (AvgIpc) is 3.18. The Bertz CT molecular complexity index is 1670. The van der Waals surface area contributed by atoms with Gasteiger partial charge in [0, 0.05) is 16.1 Å². The lowest BCUT2D eigenvalue weighted by Crippen LogP contribution is -2.01. The molecule has 4 aromatic carbocycles. The molecule has 6 aromatic rings. The largest absolute Gasteiger partial charge is 0.319 e. The van der Waals surface area contributed by atoms with Crippen LogP contribution in [-0.2, 0) is 4.57 Å². The zero-order valence-electron chi connectivity index (χ0n) is 17.4. The van der Waals surface area contributed by atoms with Gasteiger partial charge in [-0.3, -0.25) is 4.40 Å². The monoisotopic (exact) mass is 420 g/mol. The molecule has 0 atom stereocenters. The molecule has 0 aliphatic rings. The Kier molecular flexibility index (Phi) is 3.87. The van der Waals surface area contributed by atoms with Crippen molar-refractivity contribution < 1.29 is 4.57 Å². The Morgan fingerprint density at radius 1 is 0.677 bits per heavy atom. The third-order valence-electron chi connectivity index (χ3n) is 6.08. The van der Waals surface area contributed by atoms with E-state index >= 15 is 0 Å². The Morgan fingerprint density at radius 2 is 1.35 bits per heavy atom. The standard InChI is InChI=1S/C27H21N2OP/c1-31(2,30)20-14-11-18(12-15-20)19-13-16-22-21-7-3-4-8-23(21)27-28-24-9-5-6-10-25(24)29(27)26(22)17-19/h3-17H,1-2H3. The minimum atomic E-state index is -2.26. The number of benzene rings is 4. The van der Waals surface area contributed by atoms with E-state index in [2.05, 4.69) is 77.2 Å². The molecule has 31 heavy (non-hydrogen) atoms. The van der Waals surface area contributed by atoms with Gasteiger partial charge in [-0.15, -0.1) is 0 Å². The molecule has 0 amide bonds. The highest BCUT2D eigenvalue weighted by atomic mass is 31.2. The number of rotatable bonds is 2. The first-order valence-electron chi connectivity index (χ1n) is 10.4. The number of nitrogens with zero attached hydrogens (tertiary/aromatic N) is 2. The zero-order valence-corrected chi connectivity index (χ0v) is 18.3. The Balaban J connectivity index is 1.70. The van der Waals surface area contributed by atoms with E-state index in [4.69, 9.17) is 4.98 Å². The topological polar surface area (TPSA) is 34.4 Å². The lowest BCUT2D eigenvalue weighted by atomic mass is 10.0. The summed E-state index contributed by atoms with van der Waals surface area (Å²) in [6, 6.07) is 31.5. The number of para-hydroxylation sites is 2. The maximum absolute atomic E-state index is 12.4. The van der Waals surface area contributed by atoms with Crippen LogP contribution in [0.2, 0.25) is 0 Å². The first-order valence-corrected chi connectivity index (χ1v) is 13.0. The van der Waals surface area contributed by atoms with Gasteiger partial charge in [-0.05, 0) is 48.0 Å². The van der Waals surface area contributed by atoms with Gasteiger partial charge in [0.05, 0.1) is 16.6 Å². The quantitative estimate of drug-likeness (QED) is 0.230. The molecule has 3 nitrogen and oxygen atoms in total. The average molecular weight is 420 g/mol. The lowest BCUT2D eigenvalue weighted by molar-refractivity contribution is 0.588. The second kappa shape index (κ2) is 6.54. The third kappa shape index (κ3) is 2.81. The van der Waals surface area contributed by atoms with Crippen LogP contribution in [0.25, 0.3) is 49.5 Å². The van der Waals surface area contributed by atoms with E-state index in [0.717, 1.165) is 44.0 Å². The van der Waals surface area contributed by atoms with E-state index in [1.807, 2.05) is 31.5 Å². The van der Waals surface area contributed by atoms with Gasteiger partial charge in [-0.25, -0.2) is 4.98 Å². The third-order valence-corrected chi connectivity index (χ3v) is 7.62. The Hall–Kier alpha value is -3.42. The second-order valence-corrected chi connectivity index (χ2v) is 11.7. The normalized spacial score (nSPS) is 12.3. The summed E-state index contributed by atoms with van der Waals surface area (Å²) < 4.78 is 14.7. The number of aromatic nitrogens is 2. The van der Waals surface area contributed by atoms with Gasteiger partial charge in [-0.1, -0.05) is 72.8 Å². The number of hydrogen-bond donors (Lipinski definition) is 0. The summed E-state index contributed by atoms with van der Waals surface area (Å²) in [6.07, 6.45) is 0. The number of pyridine rings is 1. The second-order valence-electron chi connectivity index (χ2n) is 8.43. The molecule has 2 heterocycles. The fourth-order valence-electron chi connectivity index (χ4n) is 4.50. The number of imidazole rings is 1. The SMILES string of the molecule is CP(C)(=O)c1ccc(-c2ccc3c4ccccc4c4nc5ccccc5n4c3c2)cc1. The van der Waals surface area contributed by atoms with Gasteiger partial charge < -0.3 is 4.57 Å². The maximum atomic E-state index is 12.4. The molecule has 0 aliphatic carbocycles. The summed E-state index contributed by atoms with van der Waals surface area (Å²) in [5, 5.41) is 4.48. The predicted molar refractivity (Wildman–Crippen MR) is 132 cm³/mol. The minimum Gasteiger partial charge on any atom is -0.319 e. The van der Waals surface area contributed by atoms with E-state index in [1.54, 1.807) is 0 Å². The first kappa shape index (κ1) is 18.4. The first-order chi connectivity index (χ1) is 15.0. The van der Waals surface area contributed by atoms with Crippen molar-refractivity contribution in [2.75, 3.05) is 13.3 Å². The van der Waals surface area contributed by atoms with E-state index in [9.17, 15) is 4.57 Å². The van der Waals surface area contributed by atoms with Crippen molar-refractivity contribution in [2.24, 2.45) is 0 Å². The summed E-state index contributed by atoms with van der Waals surface area (Å²) >= 11 is 0. The zero-order chi connectivity index (χ0) is 21.2. The molecule has 0 aliphatic heterocycles. The molecule has 0 unspecified atom stereocenters. The molecule has 0 N–H and O–H groups in total. The summed E-state index contributed by atoms with van der Waals surface area (Å²) in [4.78, 5) is 4.97. The molecule has 0 radical (unpaired) electrons. The highest BCUT2D eigenvalue weighted by Gasteiger charge is 2.15. The summed E-state index contributed by atoms with van der Waals surface area (Å²) in [6.45, 7) is 3.62. The van der Waals surface area contributed by atoms with Crippen LogP contribution in [0.3, 0.4) is 0 Å². The van der Waals surface area contributed by atoms with Crippen LogP contribution < -0.4 is 5.30 Å². The summed E-state index contributed by atoms with van der Waals surface area (Å²) in [5.74, 6) is 0. The van der Waals surface area contributed by atoms with Crippen LogP contribution in [0.4, 0.5) is 0 Å². The van der Waals surface area contributed by atoms with Gasteiger partial charge in [-0.2, -0.15) is 0 Å². The van der Waals surface area contributed by atoms with Gasteiger partial charge in [0.15, 0.2) is 0 Å². The summed E-state index contributed by atoms with van der Waals surface area (Å²) in [5.41, 5.74) is 6.48. The van der Waals surface area contributed by atoms with Crippen molar-refractivity contribution in [1.29, 1.82) is 0 Å². The van der Waals surface area contributed by atoms with Gasteiger partial charge in [0.25, 0.3) is 0 Å². The molecule has 0 fully saturated rings. The van der Waals surface area contributed by atoms with Crippen molar-refractivity contribution in [1.82, 2.24) is 9.38 Å². The lowest BCUT2D eigenvalue weighted by Gasteiger charge is -2.12. The number of hydrogen-bond acceptors (Lipinski definition) is 2. The van der Waals surface area contributed by atoms with Crippen molar-refractivity contribution in [2.45, 2.75) is 0 Å².